The van der Waals surface area contributed by atoms with Crippen molar-refractivity contribution in [2.45, 2.75) is 44.6 Å². The van der Waals surface area contributed by atoms with Crippen molar-refractivity contribution in [3.63, 3.8) is 0 Å². The molecular weight excluding hydrogens is 276 g/mol. The highest BCUT2D eigenvalue weighted by Crippen LogP contribution is 2.36. The lowest BCUT2D eigenvalue weighted by Gasteiger charge is -2.35. The van der Waals surface area contributed by atoms with Gasteiger partial charge in [-0.1, -0.05) is 30.9 Å². The molecule has 1 aromatic carbocycles. The molecule has 0 N–H and O–H groups in total. The molecule has 0 atom stereocenters. The number of carbonyl (C=O) groups excluding carboxylic acids is 1. The number of hydrogen-bond acceptors (Lipinski definition) is 3. The third-order valence-electron chi connectivity index (χ3n) is 3.91. The summed E-state index contributed by atoms with van der Waals surface area (Å²) >= 11 is 6.02. The Kier molecular flexibility index (Phi) is 5.06. The molecule has 1 fully saturated rings. The third kappa shape index (κ3) is 2.99. The Bertz CT molecular complexity index is 473. The summed E-state index contributed by atoms with van der Waals surface area (Å²) in [5.74, 6) is 0.578. The van der Waals surface area contributed by atoms with Crippen molar-refractivity contribution in [1.29, 1.82) is 0 Å². The van der Waals surface area contributed by atoms with E-state index < -0.39 is 5.60 Å². The smallest absolute Gasteiger partial charge is 0.194 e. The summed E-state index contributed by atoms with van der Waals surface area (Å²) in [5, 5.41) is 0.512. The third-order valence-corrected chi connectivity index (χ3v) is 4.22. The van der Waals surface area contributed by atoms with E-state index in [0.717, 1.165) is 25.7 Å². The average molecular weight is 297 g/mol. The molecule has 0 aromatic heterocycles. The van der Waals surface area contributed by atoms with E-state index in [4.69, 9.17) is 21.1 Å². The number of ketones is 1. The van der Waals surface area contributed by atoms with Crippen LogP contribution in [-0.4, -0.2) is 25.1 Å². The van der Waals surface area contributed by atoms with E-state index in [-0.39, 0.29) is 5.78 Å². The molecule has 1 aromatic rings. The number of Topliss-reactive ketones (excluding diaryl/α,β-unsaturated/α-hetero) is 1. The number of carbonyl (C=O) groups is 1. The van der Waals surface area contributed by atoms with Crippen LogP contribution in [0.5, 0.6) is 5.75 Å². The van der Waals surface area contributed by atoms with Crippen molar-refractivity contribution in [3.05, 3.63) is 28.8 Å². The molecule has 0 bridgehead atoms. The molecule has 0 unspecified atom stereocenters. The maximum atomic E-state index is 12.9. The first kappa shape index (κ1) is 15.3. The Balaban J connectivity index is 2.31. The number of hydrogen-bond donors (Lipinski definition) is 0. The fourth-order valence-corrected chi connectivity index (χ4v) is 3.09. The second-order valence-electron chi connectivity index (χ2n) is 5.17. The van der Waals surface area contributed by atoms with Crippen molar-refractivity contribution in [2.75, 3.05) is 13.7 Å². The maximum absolute atomic E-state index is 12.9. The lowest BCUT2D eigenvalue weighted by Crippen LogP contribution is -2.43. The van der Waals surface area contributed by atoms with Crippen molar-refractivity contribution < 1.29 is 14.3 Å². The van der Waals surface area contributed by atoms with Gasteiger partial charge in [0.25, 0.3) is 0 Å². The normalized spacial score (nSPS) is 17.8. The first-order chi connectivity index (χ1) is 9.63. The number of methoxy groups -OCH3 is 1. The van der Waals surface area contributed by atoms with Crippen LogP contribution in [0, 0.1) is 0 Å². The number of rotatable bonds is 5. The number of benzene rings is 1. The van der Waals surface area contributed by atoms with Gasteiger partial charge in [0.2, 0.25) is 0 Å². The molecule has 2 rings (SSSR count). The van der Waals surface area contributed by atoms with Crippen LogP contribution in [0.4, 0.5) is 0 Å². The molecular formula is C16H21ClO3. The first-order valence-electron chi connectivity index (χ1n) is 7.15. The van der Waals surface area contributed by atoms with Crippen molar-refractivity contribution >= 4 is 17.4 Å². The van der Waals surface area contributed by atoms with E-state index in [0.29, 0.717) is 22.9 Å². The quantitative estimate of drug-likeness (QED) is 0.761. The molecule has 0 radical (unpaired) electrons. The Morgan fingerprint density at radius 2 is 2.00 bits per heavy atom. The standard InChI is InChI=1S/C16H21ClO3/c1-3-20-16(9-5-4-6-10-16)15(18)12-7-8-13(17)14(11-12)19-2/h7-8,11H,3-6,9-10H2,1-2H3. The second kappa shape index (κ2) is 6.59. The van der Waals surface area contributed by atoms with Gasteiger partial charge in [0.15, 0.2) is 5.78 Å². The molecule has 0 heterocycles. The zero-order chi connectivity index (χ0) is 14.6. The van der Waals surface area contributed by atoms with Gasteiger partial charge in [-0.05, 0) is 38.0 Å². The second-order valence-corrected chi connectivity index (χ2v) is 5.57. The van der Waals surface area contributed by atoms with Gasteiger partial charge in [-0.15, -0.1) is 0 Å². The van der Waals surface area contributed by atoms with E-state index in [1.165, 1.54) is 6.42 Å². The Morgan fingerprint density at radius 1 is 1.30 bits per heavy atom. The van der Waals surface area contributed by atoms with Gasteiger partial charge in [0, 0.05) is 12.2 Å². The van der Waals surface area contributed by atoms with Crippen LogP contribution >= 0.6 is 11.6 Å². The minimum atomic E-state index is -0.661. The largest absolute Gasteiger partial charge is 0.495 e. The predicted octanol–water partition coefficient (Wildman–Crippen LogP) is 4.27. The lowest BCUT2D eigenvalue weighted by molar-refractivity contribution is -0.0411. The van der Waals surface area contributed by atoms with E-state index in [9.17, 15) is 4.79 Å². The van der Waals surface area contributed by atoms with Gasteiger partial charge in [0.05, 0.1) is 12.1 Å². The summed E-state index contributed by atoms with van der Waals surface area (Å²) < 4.78 is 11.1. The Hall–Kier alpha value is -1.06. The van der Waals surface area contributed by atoms with Crippen LogP contribution in [0.2, 0.25) is 5.02 Å². The van der Waals surface area contributed by atoms with Crippen molar-refractivity contribution in [2.24, 2.45) is 0 Å². The van der Waals surface area contributed by atoms with Crippen LogP contribution in [0.1, 0.15) is 49.4 Å². The molecule has 4 heteroatoms. The topological polar surface area (TPSA) is 35.5 Å². The first-order valence-corrected chi connectivity index (χ1v) is 7.53. The van der Waals surface area contributed by atoms with Crippen LogP contribution in [0.15, 0.2) is 18.2 Å². The van der Waals surface area contributed by atoms with Crippen LogP contribution in [0.3, 0.4) is 0 Å². The van der Waals surface area contributed by atoms with Crippen molar-refractivity contribution in [1.82, 2.24) is 0 Å². The maximum Gasteiger partial charge on any atom is 0.194 e. The van der Waals surface area contributed by atoms with Crippen LogP contribution < -0.4 is 4.74 Å². The molecule has 0 aliphatic heterocycles. The fourth-order valence-electron chi connectivity index (χ4n) is 2.90. The summed E-state index contributed by atoms with van der Waals surface area (Å²) in [6.07, 6.45) is 4.84. The Morgan fingerprint density at radius 3 is 2.60 bits per heavy atom. The summed E-state index contributed by atoms with van der Waals surface area (Å²) in [6.45, 7) is 2.49. The number of halogens is 1. The highest BCUT2D eigenvalue weighted by Gasteiger charge is 2.40. The van der Waals surface area contributed by atoms with E-state index in [1.54, 1.807) is 25.3 Å². The van der Waals surface area contributed by atoms with E-state index in [2.05, 4.69) is 0 Å². The zero-order valence-corrected chi connectivity index (χ0v) is 12.8. The lowest BCUT2D eigenvalue weighted by atomic mass is 9.79. The minimum Gasteiger partial charge on any atom is -0.495 e. The van der Waals surface area contributed by atoms with Gasteiger partial charge in [-0.25, -0.2) is 0 Å². The molecule has 20 heavy (non-hydrogen) atoms. The Labute approximate surface area is 125 Å². The van der Waals surface area contributed by atoms with Gasteiger partial charge in [0.1, 0.15) is 11.4 Å². The molecule has 1 saturated carbocycles. The SMILES string of the molecule is CCOC1(C(=O)c2ccc(Cl)c(OC)c2)CCCCC1. The highest BCUT2D eigenvalue weighted by molar-refractivity contribution is 6.32. The summed E-state index contributed by atoms with van der Waals surface area (Å²) in [5.41, 5.74) is -0.0483. The molecule has 110 valence electrons. The fraction of sp³-hybridized carbons (Fsp3) is 0.562. The molecule has 1 aliphatic carbocycles. The zero-order valence-electron chi connectivity index (χ0n) is 12.1. The van der Waals surface area contributed by atoms with Gasteiger partial charge in [-0.2, -0.15) is 0 Å². The number of ether oxygens (including phenoxy) is 2. The summed E-state index contributed by atoms with van der Waals surface area (Å²) in [6, 6.07) is 5.17. The highest BCUT2D eigenvalue weighted by atomic mass is 35.5. The van der Waals surface area contributed by atoms with Gasteiger partial charge in [-0.3, -0.25) is 4.79 Å². The monoisotopic (exact) mass is 296 g/mol. The molecule has 0 amide bonds. The molecule has 0 spiro atoms. The molecule has 3 nitrogen and oxygen atoms in total. The van der Waals surface area contributed by atoms with Crippen LogP contribution in [0.25, 0.3) is 0 Å². The van der Waals surface area contributed by atoms with E-state index in [1.807, 2.05) is 6.92 Å². The summed E-state index contributed by atoms with van der Waals surface area (Å²) in [7, 11) is 1.55. The average Bonchev–Trinajstić information content (AvgIpc) is 2.48. The predicted molar refractivity (Wildman–Crippen MR) is 79.8 cm³/mol. The summed E-state index contributed by atoms with van der Waals surface area (Å²) in [4.78, 5) is 12.9. The van der Waals surface area contributed by atoms with Gasteiger partial charge < -0.3 is 9.47 Å². The van der Waals surface area contributed by atoms with Crippen molar-refractivity contribution in [3.8, 4) is 5.75 Å². The molecule has 1 aliphatic rings. The van der Waals surface area contributed by atoms with Gasteiger partial charge >= 0.3 is 0 Å². The van der Waals surface area contributed by atoms with E-state index >= 15 is 0 Å². The van der Waals surface area contributed by atoms with Crippen LogP contribution in [-0.2, 0) is 4.74 Å². The molecule has 0 saturated heterocycles. The minimum absolute atomic E-state index is 0.0500.